The first kappa shape index (κ1) is 31.4. The topological polar surface area (TPSA) is 122 Å². The number of methoxy groups -OCH3 is 1. The maximum atomic E-state index is 14.0. The van der Waals surface area contributed by atoms with E-state index in [1.807, 2.05) is 105 Å². The lowest BCUT2D eigenvalue weighted by Gasteiger charge is -2.36. The van der Waals surface area contributed by atoms with Crippen molar-refractivity contribution < 1.29 is 19.1 Å². The van der Waals surface area contributed by atoms with Crippen molar-refractivity contribution in [3.8, 4) is 5.75 Å². The van der Waals surface area contributed by atoms with E-state index in [1.165, 1.54) is 0 Å². The van der Waals surface area contributed by atoms with Crippen molar-refractivity contribution in [3.63, 3.8) is 0 Å². The second-order valence-corrected chi connectivity index (χ2v) is 11.5. The molecule has 0 aliphatic carbocycles. The number of anilines is 2. The zero-order chi connectivity index (χ0) is 31.9. The lowest BCUT2D eigenvalue weighted by Crippen LogP contribution is -2.57. The largest absolute Gasteiger partial charge is 0.495 e. The fourth-order valence-electron chi connectivity index (χ4n) is 5.66. The van der Waals surface area contributed by atoms with Gasteiger partial charge >= 0.3 is 12.1 Å². The smallest absolute Gasteiger partial charge is 0.321 e. The number of amides is 5. The molecule has 1 aromatic heterocycles. The van der Waals surface area contributed by atoms with Gasteiger partial charge in [0.25, 0.3) is 0 Å². The standard InChI is InChI=1S/C34H41N7O4/c1-23(27-21-35-28-13-9-8-12-26(27)28)31(32(42)37-29-20-24(22-39(2)3)14-15-30(29)45-4)38-34(44)41-18-16-40(17-19-41)33(43)36-25-10-6-5-7-11-25/h5-15,20-21,23,31,35H,16-19,22H2,1-4H3,(H,36,43)(H,37,42)(H,38,44)/t23-,31+/m0/s1. The predicted molar refractivity (Wildman–Crippen MR) is 177 cm³/mol. The van der Waals surface area contributed by atoms with Gasteiger partial charge in [0.2, 0.25) is 5.91 Å². The van der Waals surface area contributed by atoms with Gasteiger partial charge in [0.1, 0.15) is 11.8 Å². The number of piperazine rings is 1. The minimum absolute atomic E-state index is 0.211. The lowest BCUT2D eigenvalue weighted by atomic mass is 9.92. The molecule has 1 aliphatic rings. The fourth-order valence-corrected chi connectivity index (χ4v) is 5.66. The molecule has 45 heavy (non-hydrogen) atoms. The maximum absolute atomic E-state index is 14.0. The Hall–Kier alpha value is -5.03. The number of carbonyl (C=O) groups is 3. The van der Waals surface area contributed by atoms with E-state index in [9.17, 15) is 14.4 Å². The minimum Gasteiger partial charge on any atom is -0.495 e. The molecule has 5 amide bonds. The fraction of sp³-hybridized carbons (Fsp3) is 0.324. The van der Waals surface area contributed by atoms with Gasteiger partial charge in [-0.1, -0.05) is 49.4 Å². The van der Waals surface area contributed by atoms with Gasteiger partial charge in [-0.2, -0.15) is 0 Å². The number of para-hydroxylation sites is 2. The van der Waals surface area contributed by atoms with E-state index in [-0.39, 0.29) is 23.9 Å². The molecule has 236 valence electrons. The summed E-state index contributed by atoms with van der Waals surface area (Å²) in [7, 11) is 5.52. The maximum Gasteiger partial charge on any atom is 0.321 e. The van der Waals surface area contributed by atoms with Crippen molar-refractivity contribution in [2.24, 2.45) is 0 Å². The Morgan fingerprint density at radius 1 is 0.889 bits per heavy atom. The molecule has 3 aromatic carbocycles. The van der Waals surface area contributed by atoms with Crippen molar-refractivity contribution in [2.75, 3.05) is 58.0 Å². The molecule has 2 atom stereocenters. The number of H-pyrrole nitrogens is 1. The average molecular weight is 612 g/mol. The van der Waals surface area contributed by atoms with E-state index < -0.39 is 6.04 Å². The van der Waals surface area contributed by atoms with Crippen LogP contribution in [0.2, 0.25) is 0 Å². The van der Waals surface area contributed by atoms with Gasteiger partial charge in [0.15, 0.2) is 0 Å². The van der Waals surface area contributed by atoms with Crippen LogP contribution in [0.15, 0.2) is 79.0 Å². The molecular weight excluding hydrogens is 570 g/mol. The number of nitrogens with zero attached hydrogens (tertiary/aromatic N) is 3. The second-order valence-electron chi connectivity index (χ2n) is 11.5. The molecule has 1 aliphatic heterocycles. The van der Waals surface area contributed by atoms with Crippen LogP contribution >= 0.6 is 0 Å². The first-order valence-corrected chi connectivity index (χ1v) is 15.1. The minimum atomic E-state index is -0.904. The molecule has 0 saturated carbocycles. The van der Waals surface area contributed by atoms with Crippen LogP contribution in [0.25, 0.3) is 10.9 Å². The van der Waals surface area contributed by atoms with Gasteiger partial charge in [-0.05, 0) is 55.6 Å². The molecule has 0 spiro atoms. The van der Waals surface area contributed by atoms with E-state index in [2.05, 4.69) is 20.9 Å². The van der Waals surface area contributed by atoms with Gasteiger partial charge < -0.3 is 40.4 Å². The van der Waals surface area contributed by atoms with Gasteiger partial charge in [0, 0.05) is 61.4 Å². The van der Waals surface area contributed by atoms with E-state index in [1.54, 1.807) is 16.9 Å². The van der Waals surface area contributed by atoms with Crippen LogP contribution < -0.4 is 20.7 Å². The third kappa shape index (κ3) is 7.55. The molecule has 0 radical (unpaired) electrons. The third-order valence-electron chi connectivity index (χ3n) is 8.07. The highest BCUT2D eigenvalue weighted by Gasteiger charge is 2.33. The highest BCUT2D eigenvalue weighted by Crippen LogP contribution is 2.30. The molecule has 1 saturated heterocycles. The van der Waals surface area contributed by atoms with Crippen LogP contribution in [0.1, 0.15) is 24.0 Å². The second kappa shape index (κ2) is 14.2. The Labute approximate surface area is 263 Å². The van der Waals surface area contributed by atoms with Crippen LogP contribution in [0.5, 0.6) is 5.75 Å². The molecule has 2 heterocycles. The summed E-state index contributed by atoms with van der Waals surface area (Å²) in [6.45, 7) is 4.04. The highest BCUT2D eigenvalue weighted by atomic mass is 16.5. The summed E-state index contributed by atoms with van der Waals surface area (Å²) < 4.78 is 5.55. The number of benzene rings is 3. The molecule has 4 N–H and O–H groups in total. The summed E-state index contributed by atoms with van der Waals surface area (Å²) >= 11 is 0. The average Bonchev–Trinajstić information content (AvgIpc) is 3.48. The monoisotopic (exact) mass is 611 g/mol. The lowest BCUT2D eigenvalue weighted by molar-refractivity contribution is -0.118. The zero-order valence-electron chi connectivity index (χ0n) is 26.2. The van der Waals surface area contributed by atoms with Crippen LogP contribution in [-0.2, 0) is 11.3 Å². The van der Waals surface area contributed by atoms with Crippen molar-refractivity contribution in [1.82, 2.24) is 25.0 Å². The molecule has 1 fully saturated rings. The SMILES string of the molecule is COc1ccc(CN(C)C)cc1NC(=O)[C@H](NC(=O)N1CCN(C(=O)Nc2ccccc2)CC1)[C@@H](C)c1c[nH]c2ccccc12. The summed E-state index contributed by atoms with van der Waals surface area (Å²) in [5.74, 6) is -0.207. The normalized spacial score (nSPS) is 14.6. The molecule has 4 aromatic rings. The summed E-state index contributed by atoms with van der Waals surface area (Å²) in [5, 5.41) is 9.93. The van der Waals surface area contributed by atoms with E-state index in [0.717, 1.165) is 22.0 Å². The zero-order valence-corrected chi connectivity index (χ0v) is 26.2. The summed E-state index contributed by atoms with van der Waals surface area (Å²) in [6, 6.07) is 21.4. The molecule has 11 heteroatoms. The first-order chi connectivity index (χ1) is 21.7. The Morgan fingerprint density at radius 2 is 1.56 bits per heavy atom. The molecule has 0 unspecified atom stereocenters. The number of nitrogens with one attached hydrogen (secondary N) is 4. The number of hydrogen-bond acceptors (Lipinski definition) is 5. The summed E-state index contributed by atoms with van der Waals surface area (Å²) in [4.78, 5) is 49.1. The van der Waals surface area contributed by atoms with E-state index in [0.29, 0.717) is 49.8 Å². The Kier molecular flexibility index (Phi) is 9.89. The van der Waals surface area contributed by atoms with Crippen molar-refractivity contribution in [2.45, 2.75) is 25.4 Å². The van der Waals surface area contributed by atoms with Crippen LogP contribution in [0.4, 0.5) is 21.0 Å². The number of fused-ring (bicyclic) bond motifs is 1. The summed E-state index contributed by atoms with van der Waals surface area (Å²) in [6.07, 6.45) is 1.89. The predicted octanol–water partition coefficient (Wildman–Crippen LogP) is 4.91. The van der Waals surface area contributed by atoms with Gasteiger partial charge in [-0.15, -0.1) is 0 Å². The Morgan fingerprint density at radius 3 is 2.24 bits per heavy atom. The van der Waals surface area contributed by atoms with Gasteiger partial charge in [-0.3, -0.25) is 4.79 Å². The molecular formula is C34H41N7O4. The number of rotatable bonds is 9. The van der Waals surface area contributed by atoms with Crippen LogP contribution in [0.3, 0.4) is 0 Å². The van der Waals surface area contributed by atoms with Gasteiger partial charge in [-0.25, -0.2) is 9.59 Å². The number of aromatic nitrogens is 1. The molecule has 0 bridgehead atoms. The first-order valence-electron chi connectivity index (χ1n) is 15.1. The van der Waals surface area contributed by atoms with Crippen LogP contribution in [-0.4, -0.2) is 91.1 Å². The summed E-state index contributed by atoms with van der Waals surface area (Å²) in [5.41, 5.74) is 4.13. The van der Waals surface area contributed by atoms with Crippen molar-refractivity contribution in [3.05, 3.63) is 90.1 Å². The number of urea groups is 2. The van der Waals surface area contributed by atoms with E-state index >= 15 is 0 Å². The number of ether oxygens (including phenoxy) is 1. The quantitative estimate of drug-likeness (QED) is 0.214. The highest BCUT2D eigenvalue weighted by molar-refractivity contribution is 5.99. The van der Waals surface area contributed by atoms with Gasteiger partial charge in [0.05, 0.1) is 12.8 Å². The number of carbonyl (C=O) groups excluding carboxylic acids is 3. The molecule has 5 rings (SSSR count). The number of aromatic amines is 1. The Balaban J connectivity index is 1.33. The van der Waals surface area contributed by atoms with E-state index in [4.69, 9.17) is 4.74 Å². The van der Waals surface area contributed by atoms with Crippen molar-refractivity contribution in [1.29, 1.82) is 0 Å². The van der Waals surface area contributed by atoms with Crippen molar-refractivity contribution >= 4 is 40.2 Å². The third-order valence-corrected chi connectivity index (χ3v) is 8.07. The number of hydrogen-bond donors (Lipinski definition) is 4. The van der Waals surface area contributed by atoms with Crippen LogP contribution in [0, 0.1) is 0 Å². The molecule has 11 nitrogen and oxygen atoms in total. The Bertz CT molecular complexity index is 1630.